The smallest absolute Gasteiger partial charge is 0.387 e. The molecule has 2 aromatic carbocycles. The zero-order valence-electron chi connectivity index (χ0n) is 20.6. The number of rotatable bonds is 6. The lowest BCUT2D eigenvalue weighted by Crippen LogP contribution is -2.49. The van der Waals surface area contributed by atoms with E-state index in [0.29, 0.717) is 28.6 Å². The highest BCUT2D eigenvalue weighted by atomic mass is 35.5. The van der Waals surface area contributed by atoms with Gasteiger partial charge in [0.05, 0.1) is 17.4 Å². The van der Waals surface area contributed by atoms with Crippen LogP contribution in [-0.4, -0.2) is 51.6 Å². The number of nitrogens with zero attached hydrogens (tertiary/aromatic N) is 5. The number of fused-ring (bicyclic) bond motifs is 1. The number of para-hydroxylation sites is 1. The Kier molecular flexibility index (Phi) is 9.29. The minimum Gasteiger partial charge on any atom is -0.434 e. The lowest BCUT2D eigenvalue weighted by molar-refractivity contribution is -0.0505. The van der Waals surface area contributed by atoms with Crippen LogP contribution in [0.15, 0.2) is 53.6 Å². The summed E-state index contributed by atoms with van der Waals surface area (Å²) >= 11 is 0. The van der Waals surface area contributed by atoms with Crippen LogP contribution in [0.25, 0.3) is 22.0 Å². The summed E-state index contributed by atoms with van der Waals surface area (Å²) in [5.74, 6) is 0.00197. The monoisotopic (exact) mass is 570 g/mol. The molecule has 8 nitrogen and oxygen atoms in total. The number of benzene rings is 2. The summed E-state index contributed by atoms with van der Waals surface area (Å²) in [6.45, 7) is 1.55. The van der Waals surface area contributed by atoms with Crippen molar-refractivity contribution in [2.75, 3.05) is 24.5 Å². The Morgan fingerprint density at radius 1 is 1.16 bits per heavy atom. The fourth-order valence-electron chi connectivity index (χ4n) is 4.55. The van der Waals surface area contributed by atoms with Gasteiger partial charge in [0.15, 0.2) is 0 Å². The normalized spacial score (nSPS) is 15.3. The van der Waals surface area contributed by atoms with E-state index in [-0.39, 0.29) is 48.1 Å². The Hall–Kier alpha value is -3.28. The number of hydrogen-bond donors (Lipinski definition) is 1. The second-order valence-electron chi connectivity index (χ2n) is 8.79. The van der Waals surface area contributed by atoms with Gasteiger partial charge in [-0.1, -0.05) is 18.2 Å². The maximum absolute atomic E-state index is 15.1. The number of piperazine rings is 1. The molecule has 0 saturated carbocycles. The van der Waals surface area contributed by atoms with Gasteiger partial charge in [-0.05, 0) is 25.1 Å². The van der Waals surface area contributed by atoms with E-state index in [9.17, 15) is 13.6 Å². The van der Waals surface area contributed by atoms with Gasteiger partial charge in [0.25, 0.3) is 5.56 Å². The molecule has 1 aliphatic heterocycles. The molecule has 1 unspecified atom stereocenters. The van der Waals surface area contributed by atoms with E-state index >= 15 is 4.39 Å². The Bertz CT molecular complexity index is 1460. The molecule has 3 heterocycles. The van der Waals surface area contributed by atoms with E-state index in [4.69, 9.17) is 0 Å². The molecule has 0 bridgehead atoms. The third-order valence-corrected chi connectivity index (χ3v) is 6.36. The van der Waals surface area contributed by atoms with Gasteiger partial charge in [-0.3, -0.25) is 14.2 Å². The predicted octanol–water partition coefficient (Wildman–Crippen LogP) is 4.23. The van der Waals surface area contributed by atoms with Crippen molar-refractivity contribution in [2.45, 2.75) is 26.1 Å². The number of ether oxygens (including phenoxy) is 1. The molecule has 0 amide bonds. The maximum atomic E-state index is 15.1. The highest BCUT2D eigenvalue weighted by molar-refractivity contribution is 5.86. The van der Waals surface area contributed by atoms with Crippen molar-refractivity contribution >= 4 is 41.7 Å². The number of halogens is 5. The average molecular weight is 571 g/mol. The molecule has 1 aliphatic rings. The molecule has 1 N–H and O–H groups in total. The molecule has 0 spiro atoms. The zero-order valence-corrected chi connectivity index (χ0v) is 22.2. The molecule has 1 fully saturated rings. The van der Waals surface area contributed by atoms with E-state index in [0.717, 1.165) is 19.6 Å². The van der Waals surface area contributed by atoms with Crippen molar-refractivity contribution in [3.63, 3.8) is 0 Å². The van der Waals surface area contributed by atoms with Gasteiger partial charge < -0.3 is 15.0 Å². The molecule has 0 aliphatic carbocycles. The summed E-state index contributed by atoms with van der Waals surface area (Å²) in [5.41, 5.74) is 1.20. The average Bonchev–Trinajstić information content (AvgIpc) is 3.08. The van der Waals surface area contributed by atoms with Gasteiger partial charge in [-0.15, -0.1) is 24.8 Å². The molecule has 0 radical (unpaired) electrons. The highest BCUT2D eigenvalue weighted by Gasteiger charge is 2.20. The second-order valence-corrected chi connectivity index (χ2v) is 8.79. The maximum Gasteiger partial charge on any atom is 0.387 e. The molecular formula is C25H27Cl2F3N6O2. The first-order valence-corrected chi connectivity index (χ1v) is 11.5. The third kappa shape index (κ3) is 5.74. The number of nitrogens with one attached hydrogen (secondary N) is 1. The van der Waals surface area contributed by atoms with E-state index < -0.39 is 18.0 Å². The molecule has 38 heavy (non-hydrogen) atoms. The lowest BCUT2D eigenvalue weighted by Gasteiger charge is -2.31. The number of hydrogen-bond acceptors (Lipinski definition) is 6. The zero-order chi connectivity index (χ0) is 25.4. The van der Waals surface area contributed by atoms with Gasteiger partial charge in [0.1, 0.15) is 11.6 Å². The van der Waals surface area contributed by atoms with E-state index in [1.807, 2.05) is 0 Å². The highest BCUT2D eigenvalue weighted by Crippen LogP contribution is 2.28. The number of anilines is 1. The van der Waals surface area contributed by atoms with Crippen molar-refractivity contribution in [2.24, 2.45) is 7.05 Å². The summed E-state index contributed by atoms with van der Waals surface area (Å²) in [7, 11) is 1.54. The standard InChI is InChI=1S/C25H25F3N6O2.2ClH/c1-15-13-33(8-7-29-15)25-30-11-17(12-31-25)18-10-21-19(9-20(18)26)23(35)32(2)34(21)14-16-5-3-4-6-22(16)36-24(27)28;;/h3-6,9-12,15,24,29H,7-8,13-14H2,1-2H3;2*1H. The predicted molar refractivity (Wildman–Crippen MR) is 145 cm³/mol. The molecule has 2 aromatic heterocycles. The van der Waals surface area contributed by atoms with E-state index in [2.05, 4.69) is 31.8 Å². The molecule has 1 atom stereocenters. The fraction of sp³-hybridized carbons (Fsp3) is 0.320. The molecule has 1 saturated heterocycles. The SMILES string of the molecule is CC1CN(c2ncc(-c3cc4c(cc3F)c(=O)n(C)n4Cc3ccccc3OC(F)F)cn2)CCN1.Cl.Cl. The van der Waals surface area contributed by atoms with E-state index in [1.165, 1.54) is 16.8 Å². The van der Waals surface area contributed by atoms with Gasteiger partial charge in [0, 0.05) is 61.8 Å². The fourth-order valence-corrected chi connectivity index (χ4v) is 4.55. The van der Waals surface area contributed by atoms with Crippen LogP contribution in [0.3, 0.4) is 0 Å². The second kappa shape index (κ2) is 12.1. The van der Waals surface area contributed by atoms with Crippen LogP contribution in [0.2, 0.25) is 0 Å². The van der Waals surface area contributed by atoms with Crippen molar-refractivity contribution in [3.8, 4) is 16.9 Å². The Labute approximate surface area is 229 Å². The third-order valence-electron chi connectivity index (χ3n) is 6.36. The van der Waals surface area contributed by atoms with Crippen molar-refractivity contribution in [3.05, 3.63) is 70.5 Å². The topological polar surface area (TPSA) is 77.2 Å². The van der Waals surface area contributed by atoms with Crippen molar-refractivity contribution in [1.29, 1.82) is 0 Å². The van der Waals surface area contributed by atoms with Crippen LogP contribution in [0.5, 0.6) is 5.75 Å². The van der Waals surface area contributed by atoms with Crippen LogP contribution < -0.4 is 20.5 Å². The first kappa shape index (κ1) is 29.3. The van der Waals surface area contributed by atoms with Gasteiger partial charge in [0.2, 0.25) is 5.95 Å². The molecule has 4 aromatic rings. The minimum atomic E-state index is -2.98. The van der Waals surface area contributed by atoms with Gasteiger partial charge in [-0.2, -0.15) is 8.78 Å². The van der Waals surface area contributed by atoms with Crippen LogP contribution in [-0.2, 0) is 13.6 Å². The summed E-state index contributed by atoms with van der Waals surface area (Å²) < 4.78 is 48.5. The molecule has 5 rings (SSSR count). The van der Waals surface area contributed by atoms with Crippen molar-refractivity contribution in [1.82, 2.24) is 24.6 Å². The summed E-state index contributed by atoms with van der Waals surface area (Å²) in [6.07, 6.45) is 3.13. The van der Waals surface area contributed by atoms with Crippen LogP contribution in [0.1, 0.15) is 12.5 Å². The van der Waals surface area contributed by atoms with E-state index in [1.54, 1.807) is 48.4 Å². The first-order valence-electron chi connectivity index (χ1n) is 11.5. The minimum absolute atomic E-state index is 0. The largest absolute Gasteiger partial charge is 0.434 e. The Morgan fingerprint density at radius 3 is 2.55 bits per heavy atom. The number of alkyl halides is 2. The Balaban J connectivity index is 0.00000200. The van der Waals surface area contributed by atoms with Crippen molar-refractivity contribution < 1.29 is 17.9 Å². The molecule has 13 heteroatoms. The lowest BCUT2D eigenvalue weighted by atomic mass is 10.1. The number of aromatic nitrogens is 4. The Morgan fingerprint density at radius 2 is 1.87 bits per heavy atom. The summed E-state index contributed by atoms with van der Waals surface area (Å²) in [4.78, 5) is 23.8. The summed E-state index contributed by atoms with van der Waals surface area (Å²) in [5, 5.41) is 3.54. The van der Waals surface area contributed by atoms with Gasteiger partial charge >= 0.3 is 6.61 Å². The summed E-state index contributed by atoms with van der Waals surface area (Å²) in [6, 6.07) is 9.43. The quantitative estimate of drug-likeness (QED) is 0.374. The molecular weight excluding hydrogens is 544 g/mol. The van der Waals surface area contributed by atoms with Crippen LogP contribution in [0.4, 0.5) is 19.1 Å². The molecule has 204 valence electrons. The van der Waals surface area contributed by atoms with Crippen LogP contribution >= 0.6 is 24.8 Å². The van der Waals surface area contributed by atoms with Crippen LogP contribution in [0, 0.1) is 5.82 Å². The van der Waals surface area contributed by atoms with Gasteiger partial charge in [-0.25, -0.2) is 14.4 Å². The first-order chi connectivity index (χ1) is 17.3.